The fourth-order valence-electron chi connectivity index (χ4n) is 1.60. The summed E-state index contributed by atoms with van der Waals surface area (Å²) in [5, 5.41) is 37.6. The smallest absolute Gasteiger partial charge is 0.0823 e. The summed E-state index contributed by atoms with van der Waals surface area (Å²) in [4.78, 5) is 0. The van der Waals surface area contributed by atoms with Gasteiger partial charge in [-0.3, -0.25) is 0 Å². The van der Waals surface area contributed by atoms with Gasteiger partial charge in [0.25, 0.3) is 0 Å². The average molecular weight is 250 g/mol. The van der Waals surface area contributed by atoms with Crippen LogP contribution in [-0.4, -0.2) is 57.0 Å². The van der Waals surface area contributed by atoms with Crippen molar-refractivity contribution >= 4 is 0 Å². The third kappa shape index (κ3) is 7.68. The van der Waals surface area contributed by atoms with E-state index >= 15 is 0 Å². The number of aliphatic hydroxyl groups is 4. The molecule has 6 unspecified atom stereocenters. The quantitative estimate of drug-likeness (QED) is 0.488. The highest BCUT2D eigenvalue weighted by molar-refractivity contribution is 4.72. The van der Waals surface area contributed by atoms with E-state index < -0.39 is 36.6 Å². The van der Waals surface area contributed by atoms with Gasteiger partial charge in [-0.25, -0.2) is 0 Å². The molecule has 5 nitrogen and oxygen atoms in total. The minimum absolute atomic E-state index is 0.236. The van der Waals surface area contributed by atoms with Gasteiger partial charge in [0.1, 0.15) is 0 Å². The molecule has 0 aromatic rings. The molecule has 17 heavy (non-hydrogen) atoms. The van der Waals surface area contributed by atoms with Crippen molar-refractivity contribution in [3.05, 3.63) is 0 Å². The molecule has 0 aromatic heterocycles. The van der Waals surface area contributed by atoms with Gasteiger partial charge in [0.15, 0.2) is 0 Å². The van der Waals surface area contributed by atoms with Crippen LogP contribution in [0.1, 0.15) is 40.5 Å². The van der Waals surface area contributed by atoms with Crippen LogP contribution in [0.25, 0.3) is 0 Å². The summed E-state index contributed by atoms with van der Waals surface area (Å²) in [5.41, 5.74) is 0. The zero-order chi connectivity index (χ0) is 13.6. The van der Waals surface area contributed by atoms with Crippen LogP contribution in [0.2, 0.25) is 0 Å². The Bertz CT molecular complexity index is 175. The van der Waals surface area contributed by atoms with Gasteiger partial charge in [-0.1, -0.05) is 0 Å². The Labute approximate surface area is 103 Å². The first-order valence-corrected chi connectivity index (χ1v) is 6.11. The number of hydrogen-bond acceptors (Lipinski definition) is 5. The second kappa shape index (κ2) is 8.00. The molecule has 0 fully saturated rings. The number of hydrogen-bond donors (Lipinski definition) is 4. The second-order valence-corrected chi connectivity index (χ2v) is 4.85. The van der Waals surface area contributed by atoms with E-state index in [9.17, 15) is 10.2 Å². The molecule has 0 bridgehead atoms. The Morgan fingerprint density at radius 3 is 1.24 bits per heavy atom. The third-order valence-corrected chi connectivity index (χ3v) is 2.68. The number of ether oxygens (including phenoxy) is 1. The Morgan fingerprint density at radius 2 is 1.00 bits per heavy atom. The summed E-state index contributed by atoms with van der Waals surface area (Å²) in [6.07, 6.45) is -3.18. The molecule has 0 saturated carbocycles. The summed E-state index contributed by atoms with van der Waals surface area (Å²) < 4.78 is 5.45. The molecule has 0 aromatic carbocycles. The summed E-state index contributed by atoms with van der Waals surface area (Å²) in [7, 11) is 0. The van der Waals surface area contributed by atoms with Crippen molar-refractivity contribution in [2.45, 2.75) is 77.2 Å². The summed E-state index contributed by atoms with van der Waals surface area (Å²) >= 11 is 0. The van der Waals surface area contributed by atoms with Crippen LogP contribution in [0.5, 0.6) is 0 Å². The Hall–Kier alpha value is -0.200. The Kier molecular flexibility index (Phi) is 7.91. The molecule has 0 saturated heterocycles. The molecule has 0 amide bonds. The van der Waals surface area contributed by atoms with Crippen LogP contribution in [0.3, 0.4) is 0 Å². The highest BCUT2D eigenvalue weighted by Crippen LogP contribution is 2.13. The highest BCUT2D eigenvalue weighted by atomic mass is 16.5. The van der Waals surface area contributed by atoms with Gasteiger partial charge in [0.2, 0.25) is 0 Å². The first-order chi connectivity index (χ1) is 7.73. The molecule has 0 radical (unpaired) electrons. The highest BCUT2D eigenvalue weighted by Gasteiger charge is 2.23. The molecule has 0 aliphatic carbocycles. The predicted molar refractivity (Wildman–Crippen MR) is 64.6 cm³/mol. The topological polar surface area (TPSA) is 90.2 Å². The lowest BCUT2D eigenvalue weighted by Gasteiger charge is -2.27. The summed E-state index contributed by atoms with van der Waals surface area (Å²) in [6, 6.07) is 0. The molecule has 104 valence electrons. The maximum absolute atomic E-state index is 9.68. The average Bonchev–Trinajstić information content (AvgIpc) is 2.15. The van der Waals surface area contributed by atoms with Crippen molar-refractivity contribution in [2.24, 2.45) is 0 Å². The largest absolute Gasteiger partial charge is 0.393 e. The minimum Gasteiger partial charge on any atom is -0.393 e. The Balaban J connectivity index is 4.05. The van der Waals surface area contributed by atoms with Gasteiger partial charge in [0.05, 0.1) is 36.6 Å². The molecular weight excluding hydrogens is 224 g/mol. The van der Waals surface area contributed by atoms with E-state index in [1.54, 1.807) is 27.7 Å². The molecule has 0 spiro atoms. The van der Waals surface area contributed by atoms with E-state index in [0.29, 0.717) is 0 Å². The summed E-state index contributed by atoms with van der Waals surface area (Å²) in [5.74, 6) is 0. The predicted octanol–water partition coefficient (Wildman–Crippen LogP) is 0.0436. The Morgan fingerprint density at radius 1 is 0.706 bits per heavy atom. The van der Waals surface area contributed by atoms with Crippen molar-refractivity contribution in [2.75, 3.05) is 0 Å². The first-order valence-electron chi connectivity index (χ1n) is 6.11. The fraction of sp³-hybridized carbons (Fsp3) is 1.00. The molecule has 5 heteroatoms. The maximum atomic E-state index is 9.68. The third-order valence-electron chi connectivity index (χ3n) is 2.68. The molecule has 6 atom stereocenters. The van der Waals surface area contributed by atoms with Crippen molar-refractivity contribution in [3.63, 3.8) is 0 Å². The van der Waals surface area contributed by atoms with Gasteiger partial charge in [-0.2, -0.15) is 0 Å². The van der Waals surface area contributed by atoms with E-state index in [2.05, 4.69) is 0 Å². The van der Waals surface area contributed by atoms with Crippen molar-refractivity contribution in [3.8, 4) is 0 Å². The SMILES string of the molecule is CC(O)CC(O)C(C)OC(C)C(O)CC(C)O. The van der Waals surface area contributed by atoms with E-state index in [-0.39, 0.29) is 12.8 Å². The molecule has 0 rings (SSSR count). The lowest BCUT2D eigenvalue weighted by molar-refractivity contribution is -0.114. The van der Waals surface area contributed by atoms with Gasteiger partial charge < -0.3 is 25.2 Å². The van der Waals surface area contributed by atoms with Crippen LogP contribution in [-0.2, 0) is 4.74 Å². The van der Waals surface area contributed by atoms with Gasteiger partial charge >= 0.3 is 0 Å². The van der Waals surface area contributed by atoms with E-state index in [1.807, 2.05) is 0 Å². The molecule has 0 aliphatic heterocycles. The molecule has 0 heterocycles. The lowest BCUT2D eigenvalue weighted by atomic mass is 10.1. The van der Waals surface area contributed by atoms with Crippen LogP contribution in [0.4, 0.5) is 0 Å². The minimum atomic E-state index is -0.767. The van der Waals surface area contributed by atoms with E-state index in [1.165, 1.54) is 0 Å². The monoisotopic (exact) mass is 250 g/mol. The second-order valence-electron chi connectivity index (χ2n) is 4.85. The maximum Gasteiger partial charge on any atom is 0.0823 e. The van der Waals surface area contributed by atoms with Gasteiger partial charge in [-0.05, 0) is 27.7 Å². The lowest BCUT2D eigenvalue weighted by Crippen LogP contribution is -2.37. The van der Waals surface area contributed by atoms with E-state index in [4.69, 9.17) is 14.9 Å². The normalized spacial score (nSPS) is 22.6. The molecular formula is C12H26O5. The van der Waals surface area contributed by atoms with Crippen molar-refractivity contribution in [1.29, 1.82) is 0 Å². The van der Waals surface area contributed by atoms with Crippen molar-refractivity contribution in [1.82, 2.24) is 0 Å². The zero-order valence-corrected chi connectivity index (χ0v) is 11.1. The fourth-order valence-corrected chi connectivity index (χ4v) is 1.60. The van der Waals surface area contributed by atoms with Gasteiger partial charge in [0, 0.05) is 12.8 Å². The zero-order valence-electron chi connectivity index (χ0n) is 11.1. The first kappa shape index (κ1) is 16.8. The van der Waals surface area contributed by atoms with Crippen LogP contribution < -0.4 is 0 Å². The number of rotatable bonds is 8. The van der Waals surface area contributed by atoms with Crippen LogP contribution in [0, 0.1) is 0 Å². The van der Waals surface area contributed by atoms with E-state index in [0.717, 1.165) is 0 Å². The van der Waals surface area contributed by atoms with Crippen LogP contribution in [0.15, 0.2) is 0 Å². The molecule has 0 aliphatic rings. The van der Waals surface area contributed by atoms with Gasteiger partial charge in [-0.15, -0.1) is 0 Å². The van der Waals surface area contributed by atoms with Crippen molar-refractivity contribution < 1.29 is 25.2 Å². The molecule has 4 N–H and O–H groups in total. The number of aliphatic hydroxyl groups excluding tert-OH is 4. The summed E-state index contributed by atoms with van der Waals surface area (Å²) in [6.45, 7) is 6.58. The van der Waals surface area contributed by atoms with Crippen LogP contribution >= 0.6 is 0 Å². The standard InChI is InChI=1S/C12H26O5/c1-7(13)5-11(15)9(3)17-10(4)12(16)6-8(2)14/h7-16H,5-6H2,1-4H3.